The molecule has 1 heterocycles. The number of hydrogen-bond donors (Lipinski definition) is 6. The molecule has 0 spiro atoms. The zero-order chi connectivity index (χ0) is 26.4. The third kappa shape index (κ3) is 13.1. The van der Waals surface area contributed by atoms with Gasteiger partial charge in [-0.25, -0.2) is 4.57 Å². The van der Waals surface area contributed by atoms with Crippen molar-refractivity contribution in [2.75, 3.05) is 6.61 Å². The van der Waals surface area contributed by atoms with E-state index in [4.69, 9.17) is 19.3 Å². The molecule has 1 fully saturated rings. The smallest absolute Gasteiger partial charge is 0.457 e. The largest absolute Gasteiger partial charge is 0.472 e. The number of esters is 1. The topological polar surface area (TPSA) is 192 Å². The van der Waals surface area contributed by atoms with Gasteiger partial charge in [0.1, 0.15) is 18.2 Å². The number of amides is 1. The van der Waals surface area contributed by atoms with Gasteiger partial charge in [0.05, 0.1) is 19.1 Å². The van der Waals surface area contributed by atoms with E-state index in [2.05, 4.69) is 16.8 Å². The fourth-order valence-corrected chi connectivity index (χ4v) is 4.46. The van der Waals surface area contributed by atoms with Crippen molar-refractivity contribution in [1.29, 1.82) is 0 Å². The highest BCUT2D eigenvalue weighted by atomic mass is 31.2. The second-order valence-corrected chi connectivity index (χ2v) is 10.2. The molecule has 1 saturated heterocycles. The molecule has 0 aromatic rings. The monoisotopic (exact) mass is 527 g/mol. The molecule has 1 amide bonds. The molecule has 35 heavy (non-hydrogen) atoms. The molecule has 206 valence electrons. The number of aliphatic hydroxyl groups is 3. The number of hydrogen-bond acceptors (Lipinski definition) is 9. The first-order chi connectivity index (χ1) is 16.5. The molecule has 1 aliphatic rings. The lowest BCUT2D eigenvalue weighted by Crippen LogP contribution is -2.65. The molecule has 0 saturated carbocycles. The second kappa shape index (κ2) is 16.6. The maximum atomic E-state index is 12.4. The SMILES string of the molecule is CCCCCCCCCCC[C@@H](O)CC(=O)O[C@H]1[C@H](O)[C@@H](CO)O[C@H](OP(=O)(O)O)[C@@H]1NC(C)=O. The highest BCUT2D eigenvalue weighted by molar-refractivity contribution is 7.46. The van der Waals surface area contributed by atoms with Crippen LogP contribution in [0.2, 0.25) is 0 Å². The first kappa shape index (κ1) is 31.9. The van der Waals surface area contributed by atoms with Gasteiger partial charge >= 0.3 is 13.8 Å². The predicted molar refractivity (Wildman–Crippen MR) is 125 cm³/mol. The molecule has 6 atom stereocenters. The number of carbonyl (C=O) groups is 2. The van der Waals surface area contributed by atoms with Crippen molar-refractivity contribution < 1.29 is 53.3 Å². The van der Waals surface area contributed by atoms with Crippen molar-refractivity contribution in [2.24, 2.45) is 0 Å². The van der Waals surface area contributed by atoms with E-state index in [0.29, 0.717) is 6.42 Å². The van der Waals surface area contributed by atoms with Crippen molar-refractivity contribution >= 4 is 19.7 Å². The summed E-state index contributed by atoms with van der Waals surface area (Å²) in [5.41, 5.74) is 0. The predicted octanol–water partition coefficient (Wildman–Crippen LogP) is 1.26. The van der Waals surface area contributed by atoms with E-state index in [-0.39, 0.29) is 6.42 Å². The van der Waals surface area contributed by atoms with E-state index in [1.165, 1.54) is 32.1 Å². The van der Waals surface area contributed by atoms with Crippen molar-refractivity contribution in [3.8, 4) is 0 Å². The maximum absolute atomic E-state index is 12.4. The molecule has 0 aromatic carbocycles. The van der Waals surface area contributed by atoms with E-state index < -0.39 is 63.1 Å². The molecule has 6 N–H and O–H groups in total. The van der Waals surface area contributed by atoms with Gasteiger partial charge in [-0.2, -0.15) is 0 Å². The van der Waals surface area contributed by atoms with Gasteiger partial charge in [0.25, 0.3) is 0 Å². The van der Waals surface area contributed by atoms with E-state index in [0.717, 1.165) is 32.6 Å². The summed E-state index contributed by atoms with van der Waals surface area (Å²) in [7, 11) is -5.10. The third-order valence-corrected chi connectivity index (χ3v) is 6.26. The van der Waals surface area contributed by atoms with Gasteiger partial charge in [-0.05, 0) is 6.42 Å². The quantitative estimate of drug-likeness (QED) is 0.0906. The summed E-state index contributed by atoms with van der Waals surface area (Å²) >= 11 is 0. The van der Waals surface area contributed by atoms with Crippen LogP contribution in [0.5, 0.6) is 0 Å². The van der Waals surface area contributed by atoms with E-state index in [1.54, 1.807) is 0 Å². The molecule has 1 aliphatic heterocycles. The van der Waals surface area contributed by atoms with Crippen LogP contribution in [0.25, 0.3) is 0 Å². The standard InChI is InChI=1S/C22H42NO11P/c1-3-4-5-6-7-8-9-10-11-12-16(26)13-18(27)33-21-19(23-15(2)25)22(34-35(29,30)31)32-17(14-24)20(21)28/h16-17,19-22,24,26,28H,3-14H2,1-2H3,(H,23,25)(H2,29,30,31)/t16-,17-,19-,20-,21-,22-/m1/s1. The second-order valence-electron chi connectivity index (χ2n) is 8.97. The number of rotatable bonds is 17. The Kier molecular flexibility index (Phi) is 15.1. The maximum Gasteiger partial charge on any atom is 0.472 e. The zero-order valence-electron chi connectivity index (χ0n) is 20.6. The molecule has 0 aliphatic carbocycles. The Labute approximate surface area is 206 Å². The lowest BCUT2D eigenvalue weighted by atomic mass is 9.96. The first-order valence-electron chi connectivity index (χ1n) is 12.3. The van der Waals surface area contributed by atoms with Gasteiger partial charge in [0.2, 0.25) is 5.91 Å². The van der Waals surface area contributed by atoms with Gasteiger partial charge in [-0.1, -0.05) is 64.7 Å². The number of ether oxygens (including phenoxy) is 2. The van der Waals surface area contributed by atoms with Gasteiger partial charge in [0.15, 0.2) is 12.4 Å². The van der Waals surface area contributed by atoms with Crippen LogP contribution in [0.15, 0.2) is 0 Å². The fraction of sp³-hybridized carbons (Fsp3) is 0.909. The molecule has 0 unspecified atom stereocenters. The van der Waals surface area contributed by atoms with Crippen molar-refractivity contribution in [3.05, 3.63) is 0 Å². The van der Waals surface area contributed by atoms with Crippen molar-refractivity contribution in [2.45, 2.75) is 121 Å². The minimum atomic E-state index is -5.10. The Morgan fingerprint density at radius 3 is 2.14 bits per heavy atom. The summed E-state index contributed by atoms with van der Waals surface area (Å²) in [6.45, 7) is 2.51. The Bertz CT molecular complexity index is 674. The summed E-state index contributed by atoms with van der Waals surface area (Å²) in [4.78, 5) is 42.4. The van der Waals surface area contributed by atoms with Crippen LogP contribution in [-0.2, 0) is 28.2 Å². The summed E-state index contributed by atoms with van der Waals surface area (Å²) in [6, 6.07) is -1.48. The van der Waals surface area contributed by atoms with E-state index in [1.807, 2.05) is 0 Å². The van der Waals surface area contributed by atoms with Gasteiger partial charge in [-0.3, -0.25) is 14.1 Å². The minimum Gasteiger partial charge on any atom is -0.457 e. The Morgan fingerprint density at radius 1 is 1.06 bits per heavy atom. The van der Waals surface area contributed by atoms with Crippen LogP contribution < -0.4 is 5.32 Å². The molecule has 1 rings (SSSR count). The Hall–Kier alpha value is -1.11. The summed E-state index contributed by atoms with van der Waals surface area (Å²) in [6.07, 6.45) is 2.67. The average Bonchev–Trinajstić information content (AvgIpc) is 2.75. The number of unbranched alkanes of at least 4 members (excludes halogenated alkanes) is 8. The van der Waals surface area contributed by atoms with E-state index in [9.17, 15) is 29.5 Å². The lowest BCUT2D eigenvalue weighted by molar-refractivity contribution is -0.253. The molecule has 0 bridgehead atoms. The zero-order valence-corrected chi connectivity index (χ0v) is 21.5. The van der Waals surface area contributed by atoms with Gasteiger partial charge in [-0.15, -0.1) is 0 Å². The molecule has 0 aromatic heterocycles. The van der Waals surface area contributed by atoms with Crippen LogP contribution in [0.1, 0.15) is 84.5 Å². The van der Waals surface area contributed by atoms with Gasteiger partial charge < -0.3 is 39.9 Å². The number of aliphatic hydroxyl groups excluding tert-OH is 3. The summed E-state index contributed by atoms with van der Waals surface area (Å²) in [5, 5.41) is 32.4. The Morgan fingerprint density at radius 2 is 1.63 bits per heavy atom. The number of nitrogens with one attached hydrogen (secondary N) is 1. The number of phosphoric acid groups is 1. The van der Waals surface area contributed by atoms with Gasteiger partial charge in [0, 0.05) is 6.92 Å². The Balaban J connectivity index is 2.60. The first-order valence-corrected chi connectivity index (χ1v) is 13.8. The average molecular weight is 528 g/mol. The van der Waals surface area contributed by atoms with Crippen molar-refractivity contribution in [1.82, 2.24) is 5.32 Å². The van der Waals surface area contributed by atoms with Crippen LogP contribution in [-0.4, -0.2) is 80.3 Å². The molecular formula is C22H42NO11P. The normalized spacial score (nSPS) is 25.7. The number of carbonyl (C=O) groups excluding carboxylic acids is 2. The molecule has 0 radical (unpaired) electrons. The summed E-state index contributed by atoms with van der Waals surface area (Å²) < 4.78 is 26.3. The fourth-order valence-electron chi connectivity index (χ4n) is 4.01. The molecule has 13 heteroatoms. The molecule has 12 nitrogen and oxygen atoms in total. The van der Waals surface area contributed by atoms with Crippen LogP contribution in [0, 0.1) is 0 Å². The summed E-state index contributed by atoms with van der Waals surface area (Å²) in [5.74, 6) is -1.56. The molecular weight excluding hydrogens is 485 g/mol. The minimum absolute atomic E-state index is 0.373. The highest BCUT2D eigenvalue weighted by Crippen LogP contribution is 2.41. The van der Waals surface area contributed by atoms with Crippen molar-refractivity contribution in [3.63, 3.8) is 0 Å². The third-order valence-electron chi connectivity index (χ3n) is 5.78. The number of phosphoric ester groups is 1. The van der Waals surface area contributed by atoms with Crippen LogP contribution in [0.4, 0.5) is 0 Å². The highest BCUT2D eigenvalue weighted by Gasteiger charge is 2.50. The van der Waals surface area contributed by atoms with Crippen LogP contribution in [0.3, 0.4) is 0 Å². The van der Waals surface area contributed by atoms with E-state index >= 15 is 0 Å². The lowest BCUT2D eigenvalue weighted by Gasteiger charge is -2.43. The van der Waals surface area contributed by atoms with Crippen LogP contribution >= 0.6 is 7.82 Å².